The summed E-state index contributed by atoms with van der Waals surface area (Å²) in [5.74, 6) is -0.785. The Hall–Kier alpha value is -2.48. The minimum absolute atomic E-state index is 0.135. The van der Waals surface area contributed by atoms with Gasteiger partial charge in [0.25, 0.3) is 5.91 Å². The van der Waals surface area contributed by atoms with Gasteiger partial charge >= 0.3 is 12.1 Å². The van der Waals surface area contributed by atoms with E-state index in [1.807, 2.05) is 0 Å². The van der Waals surface area contributed by atoms with Crippen LogP contribution in [0, 0.1) is 0 Å². The van der Waals surface area contributed by atoms with Crippen molar-refractivity contribution in [3.63, 3.8) is 0 Å². The fourth-order valence-corrected chi connectivity index (χ4v) is 2.45. The molecular formula is C17H21ClN2O6. The van der Waals surface area contributed by atoms with Crippen molar-refractivity contribution in [1.82, 2.24) is 5.32 Å². The standard InChI is InChI=1S/C17H21ClN2O6/c1-17(2,3)26-16(23)20-11(15(22)24-4)8-13-14(21)19-10-6-5-9(18)7-12(10)25-13/h5-7,11,13H,8H2,1-4H3,(H,19,21)(H,20,23)/t11-,13-/m0/s1. The Morgan fingerprint density at radius 2 is 2.08 bits per heavy atom. The molecule has 8 nitrogen and oxygen atoms in total. The first-order valence-corrected chi connectivity index (χ1v) is 8.31. The van der Waals surface area contributed by atoms with Crippen LogP contribution < -0.4 is 15.4 Å². The molecule has 142 valence electrons. The molecular weight excluding hydrogens is 364 g/mol. The maximum atomic E-state index is 12.2. The zero-order valence-electron chi connectivity index (χ0n) is 14.9. The molecule has 2 amide bonds. The molecule has 0 aromatic heterocycles. The lowest BCUT2D eigenvalue weighted by atomic mass is 10.1. The lowest BCUT2D eigenvalue weighted by molar-refractivity contribution is -0.144. The SMILES string of the molecule is COC(=O)[C@H](C[C@@H]1Oc2cc(Cl)ccc2NC1=O)NC(=O)OC(C)(C)C. The Kier molecular flexibility index (Phi) is 5.97. The molecule has 0 spiro atoms. The number of hydrogen-bond acceptors (Lipinski definition) is 6. The highest BCUT2D eigenvalue weighted by molar-refractivity contribution is 6.30. The van der Waals surface area contributed by atoms with E-state index in [0.717, 1.165) is 0 Å². The van der Waals surface area contributed by atoms with Gasteiger partial charge in [0.05, 0.1) is 12.8 Å². The highest BCUT2D eigenvalue weighted by atomic mass is 35.5. The highest BCUT2D eigenvalue weighted by Gasteiger charge is 2.35. The van der Waals surface area contributed by atoms with E-state index in [2.05, 4.69) is 10.6 Å². The normalized spacial score (nSPS) is 17.3. The molecule has 0 unspecified atom stereocenters. The van der Waals surface area contributed by atoms with Crippen molar-refractivity contribution in [1.29, 1.82) is 0 Å². The zero-order chi connectivity index (χ0) is 19.5. The summed E-state index contributed by atoms with van der Waals surface area (Å²) < 4.78 is 15.5. The summed E-state index contributed by atoms with van der Waals surface area (Å²) in [6.07, 6.45) is -1.95. The van der Waals surface area contributed by atoms with Crippen molar-refractivity contribution in [3.05, 3.63) is 23.2 Å². The molecule has 0 aliphatic carbocycles. The number of amides is 2. The summed E-state index contributed by atoms with van der Waals surface area (Å²) in [6.45, 7) is 5.08. The van der Waals surface area contributed by atoms with Crippen molar-refractivity contribution >= 4 is 35.3 Å². The number of esters is 1. The second kappa shape index (κ2) is 7.82. The number of benzene rings is 1. The first kappa shape index (κ1) is 19.8. The van der Waals surface area contributed by atoms with Crippen LogP contribution in [0.4, 0.5) is 10.5 Å². The van der Waals surface area contributed by atoms with E-state index in [4.69, 9.17) is 25.8 Å². The summed E-state index contributed by atoms with van der Waals surface area (Å²) in [5.41, 5.74) is -0.260. The Labute approximate surface area is 156 Å². The van der Waals surface area contributed by atoms with Crippen LogP contribution in [0.5, 0.6) is 5.75 Å². The molecule has 0 fully saturated rings. The van der Waals surface area contributed by atoms with E-state index in [0.29, 0.717) is 16.5 Å². The first-order valence-electron chi connectivity index (χ1n) is 7.93. The predicted molar refractivity (Wildman–Crippen MR) is 94.3 cm³/mol. The number of halogens is 1. The quantitative estimate of drug-likeness (QED) is 0.773. The van der Waals surface area contributed by atoms with Gasteiger partial charge in [-0.25, -0.2) is 9.59 Å². The third-order valence-corrected chi connectivity index (χ3v) is 3.62. The van der Waals surface area contributed by atoms with Gasteiger partial charge in [0.2, 0.25) is 0 Å². The van der Waals surface area contributed by atoms with Crippen molar-refractivity contribution in [2.24, 2.45) is 0 Å². The minimum Gasteiger partial charge on any atom is -0.478 e. The number of anilines is 1. The molecule has 1 aromatic rings. The van der Waals surface area contributed by atoms with E-state index in [9.17, 15) is 14.4 Å². The fraction of sp³-hybridized carbons (Fsp3) is 0.471. The van der Waals surface area contributed by atoms with Gasteiger partial charge in [0.15, 0.2) is 6.10 Å². The molecule has 0 bridgehead atoms. The average Bonchev–Trinajstić information content (AvgIpc) is 2.52. The number of methoxy groups -OCH3 is 1. The molecule has 2 rings (SSSR count). The molecule has 9 heteroatoms. The second-order valence-electron chi connectivity index (χ2n) is 6.69. The maximum Gasteiger partial charge on any atom is 0.408 e. The summed E-state index contributed by atoms with van der Waals surface area (Å²) in [4.78, 5) is 36.2. The zero-order valence-corrected chi connectivity index (χ0v) is 15.7. The van der Waals surface area contributed by atoms with Gasteiger partial charge in [0.1, 0.15) is 17.4 Å². The monoisotopic (exact) mass is 384 g/mol. The summed E-state index contributed by atoms with van der Waals surface area (Å²) in [5, 5.41) is 5.52. The Morgan fingerprint density at radius 1 is 1.38 bits per heavy atom. The third kappa shape index (κ3) is 5.26. The maximum absolute atomic E-state index is 12.2. The number of hydrogen-bond donors (Lipinski definition) is 2. The predicted octanol–water partition coefficient (Wildman–Crippen LogP) is 2.50. The van der Waals surface area contributed by atoms with Crippen LogP contribution in [0.25, 0.3) is 0 Å². The Bertz CT molecular complexity index is 716. The summed E-state index contributed by atoms with van der Waals surface area (Å²) in [7, 11) is 1.18. The number of nitrogens with one attached hydrogen (secondary N) is 2. The van der Waals surface area contributed by atoms with Gasteiger partial charge in [-0.15, -0.1) is 0 Å². The van der Waals surface area contributed by atoms with Gasteiger partial charge in [0, 0.05) is 17.5 Å². The van der Waals surface area contributed by atoms with Gasteiger partial charge in [-0.3, -0.25) is 4.79 Å². The average molecular weight is 385 g/mol. The smallest absolute Gasteiger partial charge is 0.408 e. The highest BCUT2D eigenvalue weighted by Crippen LogP contribution is 2.33. The lowest BCUT2D eigenvalue weighted by Gasteiger charge is -2.28. The Balaban J connectivity index is 2.11. The van der Waals surface area contributed by atoms with Crippen LogP contribution in [-0.4, -0.2) is 42.8 Å². The molecule has 2 atom stereocenters. The number of alkyl carbamates (subject to hydrolysis) is 1. The van der Waals surface area contributed by atoms with E-state index >= 15 is 0 Å². The minimum atomic E-state index is -1.12. The van der Waals surface area contributed by atoms with Crippen LogP contribution in [0.1, 0.15) is 27.2 Å². The van der Waals surface area contributed by atoms with Gasteiger partial charge in [-0.2, -0.15) is 0 Å². The molecule has 0 saturated heterocycles. The molecule has 0 radical (unpaired) electrons. The fourth-order valence-electron chi connectivity index (χ4n) is 2.29. The van der Waals surface area contributed by atoms with Crippen molar-refractivity contribution in [2.45, 2.75) is 44.9 Å². The number of carbonyl (C=O) groups excluding carboxylic acids is 3. The van der Waals surface area contributed by atoms with Gasteiger partial charge in [-0.1, -0.05) is 11.6 Å². The van der Waals surface area contributed by atoms with Crippen LogP contribution >= 0.6 is 11.6 Å². The molecule has 0 saturated carbocycles. The van der Waals surface area contributed by atoms with E-state index in [1.54, 1.807) is 39.0 Å². The number of carbonyl (C=O) groups is 3. The topological polar surface area (TPSA) is 103 Å². The van der Waals surface area contributed by atoms with Crippen molar-refractivity contribution in [3.8, 4) is 5.75 Å². The summed E-state index contributed by atoms with van der Waals surface area (Å²) >= 11 is 5.93. The third-order valence-electron chi connectivity index (χ3n) is 3.39. The first-order chi connectivity index (χ1) is 12.1. The van der Waals surface area contributed by atoms with E-state index in [-0.39, 0.29) is 6.42 Å². The molecule has 1 aliphatic rings. The van der Waals surface area contributed by atoms with Gasteiger partial charge in [-0.05, 0) is 32.9 Å². The number of rotatable bonds is 4. The molecule has 1 aliphatic heterocycles. The van der Waals surface area contributed by atoms with E-state index in [1.165, 1.54) is 7.11 Å². The van der Waals surface area contributed by atoms with Gasteiger partial charge < -0.3 is 24.8 Å². The van der Waals surface area contributed by atoms with Crippen molar-refractivity contribution < 1.29 is 28.6 Å². The number of ether oxygens (including phenoxy) is 3. The molecule has 26 heavy (non-hydrogen) atoms. The van der Waals surface area contributed by atoms with E-state index < -0.39 is 35.7 Å². The Morgan fingerprint density at radius 3 is 2.69 bits per heavy atom. The van der Waals surface area contributed by atoms with Crippen LogP contribution in [-0.2, 0) is 19.1 Å². The molecule has 1 aromatic carbocycles. The van der Waals surface area contributed by atoms with Crippen LogP contribution in [0.2, 0.25) is 5.02 Å². The summed E-state index contributed by atoms with van der Waals surface area (Å²) in [6, 6.07) is 3.66. The second-order valence-corrected chi connectivity index (χ2v) is 7.13. The largest absolute Gasteiger partial charge is 0.478 e. The lowest BCUT2D eigenvalue weighted by Crippen LogP contribution is -2.49. The molecule has 2 N–H and O–H groups in total. The van der Waals surface area contributed by atoms with Crippen molar-refractivity contribution in [2.75, 3.05) is 12.4 Å². The van der Waals surface area contributed by atoms with Crippen LogP contribution in [0.15, 0.2) is 18.2 Å². The van der Waals surface area contributed by atoms with Crippen LogP contribution in [0.3, 0.4) is 0 Å². The number of fused-ring (bicyclic) bond motifs is 1. The molecule has 1 heterocycles.